The van der Waals surface area contributed by atoms with Crippen LogP contribution in [0.3, 0.4) is 0 Å². The van der Waals surface area contributed by atoms with Crippen LogP contribution in [0.5, 0.6) is 11.5 Å². The second kappa shape index (κ2) is 7.17. The lowest BCUT2D eigenvalue weighted by atomic mass is 9.86. The van der Waals surface area contributed by atoms with Gasteiger partial charge in [-0.15, -0.1) is 0 Å². The topological polar surface area (TPSA) is 81.9 Å². The Balaban J connectivity index is 1.91. The summed E-state index contributed by atoms with van der Waals surface area (Å²) in [5.74, 6) is -0.656. The first-order valence-corrected chi connectivity index (χ1v) is 7.69. The normalized spacial score (nSPS) is 11.6. The van der Waals surface area contributed by atoms with Gasteiger partial charge >= 0.3 is 0 Å². The van der Waals surface area contributed by atoms with Crippen LogP contribution in [0.15, 0.2) is 47.6 Å². The third-order valence-electron chi connectivity index (χ3n) is 3.59. The van der Waals surface area contributed by atoms with Crippen LogP contribution in [-0.2, 0) is 16.6 Å². The largest absolute Gasteiger partial charge is 0.504 e. The van der Waals surface area contributed by atoms with Gasteiger partial charge in [0.05, 0.1) is 12.6 Å². The van der Waals surface area contributed by atoms with Gasteiger partial charge in [-0.25, -0.2) is 5.43 Å². The predicted molar refractivity (Wildman–Crippen MR) is 94.4 cm³/mol. The number of rotatable bonds is 4. The van der Waals surface area contributed by atoms with Gasteiger partial charge in [0, 0.05) is 0 Å². The third kappa shape index (κ3) is 4.84. The summed E-state index contributed by atoms with van der Waals surface area (Å²) < 4.78 is 0. The molecule has 0 aliphatic carbocycles. The lowest BCUT2D eigenvalue weighted by molar-refractivity contribution is -0.120. The van der Waals surface area contributed by atoms with Crippen LogP contribution >= 0.6 is 0 Å². The van der Waals surface area contributed by atoms with Gasteiger partial charge in [-0.1, -0.05) is 45.0 Å². The van der Waals surface area contributed by atoms with Crippen LogP contribution in [0.2, 0.25) is 0 Å². The molecule has 0 aliphatic rings. The van der Waals surface area contributed by atoms with E-state index in [1.165, 1.54) is 23.9 Å². The minimum atomic E-state index is -0.232. The van der Waals surface area contributed by atoms with Gasteiger partial charge in [0.2, 0.25) is 5.91 Å². The van der Waals surface area contributed by atoms with E-state index in [1.807, 2.05) is 24.3 Å². The molecule has 0 atom stereocenters. The Bertz CT molecular complexity index is 744. The summed E-state index contributed by atoms with van der Waals surface area (Å²) in [6, 6.07) is 12.3. The van der Waals surface area contributed by atoms with Crippen LogP contribution in [-0.4, -0.2) is 22.3 Å². The fourth-order valence-corrected chi connectivity index (χ4v) is 2.15. The molecule has 0 aromatic heterocycles. The number of benzene rings is 2. The highest BCUT2D eigenvalue weighted by molar-refractivity contribution is 5.83. The standard InChI is InChI=1S/C19H22N2O3/c1-19(2,3)15-7-4-13(5-8-15)11-18(24)21-20-12-14-6-9-16(22)17(23)10-14/h4-10,12,22-23H,11H2,1-3H3,(H,21,24)/b20-12+. The first-order valence-electron chi connectivity index (χ1n) is 7.69. The first-order chi connectivity index (χ1) is 11.3. The van der Waals surface area contributed by atoms with Crippen LogP contribution in [0.25, 0.3) is 0 Å². The second-order valence-electron chi connectivity index (χ2n) is 6.67. The van der Waals surface area contributed by atoms with Gasteiger partial charge in [-0.3, -0.25) is 4.79 Å². The molecule has 0 saturated heterocycles. The Morgan fingerprint density at radius 1 is 1.08 bits per heavy atom. The number of aromatic hydroxyl groups is 2. The highest BCUT2D eigenvalue weighted by Crippen LogP contribution is 2.24. The number of carbonyl (C=O) groups excluding carboxylic acids is 1. The Kier molecular flexibility index (Phi) is 5.24. The molecule has 0 bridgehead atoms. The summed E-state index contributed by atoms with van der Waals surface area (Å²) in [5.41, 5.74) is 5.23. The molecule has 2 aromatic carbocycles. The summed E-state index contributed by atoms with van der Waals surface area (Å²) in [4.78, 5) is 11.9. The minimum Gasteiger partial charge on any atom is -0.504 e. The molecule has 5 nitrogen and oxygen atoms in total. The van der Waals surface area contributed by atoms with Crippen molar-refractivity contribution in [2.75, 3.05) is 0 Å². The van der Waals surface area contributed by atoms with Crippen molar-refractivity contribution in [3.63, 3.8) is 0 Å². The number of hydrogen-bond acceptors (Lipinski definition) is 4. The summed E-state index contributed by atoms with van der Waals surface area (Å²) in [5, 5.41) is 22.5. The van der Waals surface area contributed by atoms with Crippen LogP contribution < -0.4 is 5.43 Å². The number of nitrogens with one attached hydrogen (secondary N) is 1. The van der Waals surface area contributed by atoms with E-state index in [0.717, 1.165) is 5.56 Å². The monoisotopic (exact) mass is 326 g/mol. The van der Waals surface area contributed by atoms with Crippen molar-refractivity contribution >= 4 is 12.1 Å². The quantitative estimate of drug-likeness (QED) is 0.459. The molecule has 2 rings (SSSR count). The molecule has 0 unspecified atom stereocenters. The van der Waals surface area contributed by atoms with Gasteiger partial charge in [-0.05, 0) is 40.3 Å². The molecule has 24 heavy (non-hydrogen) atoms. The zero-order chi connectivity index (χ0) is 17.7. The number of phenols is 2. The highest BCUT2D eigenvalue weighted by Gasteiger charge is 2.13. The average molecular weight is 326 g/mol. The van der Waals surface area contributed by atoms with Gasteiger partial charge in [0.25, 0.3) is 0 Å². The molecule has 0 aliphatic heterocycles. The Labute approximate surface area is 141 Å². The molecular formula is C19H22N2O3. The van der Waals surface area contributed by atoms with Crippen molar-refractivity contribution in [3.05, 3.63) is 59.2 Å². The molecule has 5 heteroatoms. The molecule has 0 heterocycles. The van der Waals surface area contributed by atoms with Gasteiger partial charge in [-0.2, -0.15) is 5.10 Å². The number of hydrazone groups is 1. The molecule has 2 aromatic rings. The average Bonchev–Trinajstić information content (AvgIpc) is 2.50. The van der Waals surface area contributed by atoms with E-state index in [1.54, 1.807) is 6.07 Å². The van der Waals surface area contributed by atoms with Gasteiger partial charge < -0.3 is 10.2 Å². The number of hydrogen-bond donors (Lipinski definition) is 3. The number of amides is 1. The van der Waals surface area contributed by atoms with E-state index in [4.69, 9.17) is 0 Å². The van der Waals surface area contributed by atoms with Crippen molar-refractivity contribution in [1.82, 2.24) is 5.43 Å². The number of phenolic OH excluding ortho intramolecular Hbond substituents is 2. The molecule has 126 valence electrons. The Morgan fingerprint density at radius 3 is 2.33 bits per heavy atom. The van der Waals surface area contributed by atoms with Crippen molar-refractivity contribution in [2.24, 2.45) is 5.10 Å². The Hall–Kier alpha value is -2.82. The SMILES string of the molecule is CC(C)(C)c1ccc(CC(=O)N/N=C/c2ccc(O)c(O)c2)cc1. The Morgan fingerprint density at radius 2 is 1.75 bits per heavy atom. The molecule has 0 fully saturated rings. The zero-order valence-electron chi connectivity index (χ0n) is 14.1. The van der Waals surface area contributed by atoms with E-state index in [-0.39, 0.29) is 29.2 Å². The summed E-state index contributed by atoms with van der Waals surface area (Å²) in [7, 11) is 0. The van der Waals surface area contributed by atoms with E-state index < -0.39 is 0 Å². The molecule has 3 N–H and O–H groups in total. The number of nitrogens with zero attached hydrogens (tertiary/aromatic N) is 1. The van der Waals surface area contributed by atoms with Crippen LogP contribution in [0, 0.1) is 0 Å². The molecule has 0 spiro atoms. The van der Waals surface area contributed by atoms with Crippen molar-refractivity contribution in [3.8, 4) is 11.5 Å². The van der Waals surface area contributed by atoms with Gasteiger partial charge in [0.15, 0.2) is 11.5 Å². The smallest absolute Gasteiger partial charge is 0.244 e. The fraction of sp³-hybridized carbons (Fsp3) is 0.263. The molecular weight excluding hydrogens is 304 g/mol. The molecule has 0 saturated carbocycles. The molecule has 0 radical (unpaired) electrons. The van der Waals surface area contributed by atoms with Gasteiger partial charge in [0.1, 0.15) is 0 Å². The lowest BCUT2D eigenvalue weighted by Gasteiger charge is -2.19. The maximum Gasteiger partial charge on any atom is 0.244 e. The summed E-state index contributed by atoms with van der Waals surface area (Å²) in [6.07, 6.45) is 1.64. The van der Waals surface area contributed by atoms with E-state index in [2.05, 4.69) is 31.3 Å². The number of carbonyl (C=O) groups is 1. The fourth-order valence-electron chi connectivity index (χ4n) is 2.15. The maximum atomic E-state index is 11.9. The van der Waals surface area contributed by atoms with Crippen LogP contribution in [0.4, 0.5) is 0 Å². The maximum absolute atomic E-state index is 11.9. The summed E-state index contributed by atoms with van der Waals surface area (Å²) >= 11 is 0. The van der Waals surface area contributed by atoms with E-state index in [0.29, 0.717) is 5.56 Å². The summed E-state index contributed by atoms with van der Waals surface area (Å²) in [6.45, 7) is 6.43. The van der Waals surface area contributed by atoms with Crippen molar-refractivity contribution in [1.29, 1.82) is 0 Å². The van der Waals surface area contributed by atoms with Crippen molar-refractivity contribution < 1.29 is 15.0 Å². The molecule has 1 amide bonds. The predicted octanol–water partition coefficient (Wildman–Crippen LogP) is 3.09. The van der Waals surface area contributed by atoms with E-state index in [9.17, 15) is 15.0 Å². The minimum absolute atomic E-state index is 0.0841. The third-order valence-corrected chi connectivity index (χ3v) is 3.59. The second-order valence-corrected chi connectivity index (χ2v) is 6.67. The van der Waals surface area contributed by atoms with Crippen LogP contribution in [0.1, 0.15) is 37.5 Å². The van der Waals surface area contributed by atoms with E-state index >= 15 is 0 Å². The highest BCUT2D eigenvalue weighted by atomic mass is 16.3. The van der Waals surface area contributed by atoms with Crippen molar-refractivity contribution in [2.45, 2.75) is 32.6 Å². The lowest BCUT2D eigenvalue weighted by Crippen LogP contribution is -2.20. The zero-order valence-corrected chi connectivity index (χ0v) is 14.1. The first kappa shape index (κ1) is 17.5.